The first-order valence-corrected chi connectivity index (χ1v) is 6.88. The Morgan fingerprint density at radius 2 is 1.81 bits per heavy atom. The smallest absolute Gasteiger partial charge is 0.404 e. The number of nitrogens with two attached hydrogens (primary N) is 3. The van der Waals surface area contributed by atoms with Crippen LogP contribution in [0.3, 0.4) is 0 Å². The molecule has 0 saturated heterocycles. The van der Waals surface area contributed by atoms with E-state index in [1.807, 2.05) is 0 Å². The molecule has 0 aromatic rings. The maximum absolute atomic E-state index is 11.7. The molecule has 0 aliphatic rings. The minimum absolute atomic E-state index is 0.0115. The Bertz CT molecular complexity index is 338. The van der Waals surface area contributed by atoms with E-state index in [1.54, 1.807) is 0 Å². The molecule has 9 nitrogen and oxygen atoms in total. The molecule has 0 unspecified atom stereocenters. The minimum atomic E-state index is -0.899. The predicted octanol–water partition coefficient (Wildman–Crippen LogP) is -1.89. The van der Waals surface area contributed by atoms with E-state index in [9.17, 15) is 14.4 Å². The van der Waals surface area contributed by atoms with Gasteiger partial charge in [-0.2, -0.15) is 0 Å². The fourth-order valence-corrected chi connectivity index (χ4v) is 1.62. The van der Waals surface area contributed by atoms with Gasteiger partial charge in [0.2, 0.25) is 11.8 Å². The molecule has 0 heterocycles. The van der Waals surface area contributed by atoms with E-state index in [0.29, 0.717) is 13.1 Å². The lowest BCUT2D eigenvalue weighted by atomic mass is 10.2. The van der Waals surface area contributed by atoms with Crippen molar-refractivity contribution in [3.8, 4) is 0 Å². The molecule has 122 valence electrons. The van der Waals surface area contributed by atoms with Crippen LogP contribution >= 0.6 is 0 Å². The molecule has 0 aromatic heterocycles. The van der Waals surface area contributed by atoms with Gasteiger partial charge in [-0.3, -0.25) is 9.59 Å². The Morgan fingerprint density at radius 3 is 2.38 bits per heavy atom. The maximum Gasteiger partial charge on any atom is 0.404 e. The molecule has 0 fully saturated rings. The number of nitrogens with one attached hydrogen (secondary N) is 1. The number of amides is 3. The van der Waals surface area contributed by atoms with Gasteiger partial charge in [-0.1, -0.05) is 6.42 Å². The van der Waals surface area contributed by atoms with Crippen molar-refractivity contribution < 1.29 is 19.1 Å². The van der Waals surface area contributed by atoms with Gasteiger partial charge in [0.15, 0.2) is 0 Å². The van der Waals surface area contributed by atoms with Gasteiger partial charge in [0.1, 0.15) is 6.61 Å². The lowest BCUT2D eigenvalue weighted by molar-refractivity contribution is -0.135. The molecule has 0 bridgehead atoms. The first-order chi connectivity index (χ1) is 10.0. The summed E-state index contributed by atoms with van der Waals surface area (Å²) in [6, 6.07) is 0. The van der Waals surface area contributed by atoms with Crippen molar-refractivity contribution in [1.29, 1.82) is 0 Å². The van der Waals surface area contributed by atoms with Gasteiger partial charge in [0, 0.05) is 6.54 Å². The monoisotopic (exact) mass is 303 g/mol. The van der Waals surface area contributed by atoms with E-state index in [-0.39, 0.29) is 38.1 Å². The number of carbonyl (C=O) groups is 3. The molecule has 7 N–H and O–H groups in total. The molecule has 0 aliphatic heterocycles. The maximum atomic E-state index is 11.7. The average Bonchev–Trinajstić information content (AvgIpc) is 2.45. The van der Waals surface area contributed by atoms with E-state index in [1.165, 1.54) is 4.90 Å². The minimum Gasteiger partial charge on any atom is -0.448 e. The van der Waals surface area contributed by atoms with E-state index < -0.39 is 6.09 Å². The van der Waals surface area contributed by atoms with Gasteiger partial charge in [-0.25, -0.2) is 4.79 Å². The summed E-state index contributed by atoms with van der Waals surface area (Å²) in [6.07, 6.45) is 1.63. The lowest BCUT2D eigenvalue weighted by Gasteiger charge is -2.21. The Hall–Kier alpha value is -1.87. The first kappa shape index (κ1) is 19.1. The van der Waals surface area contributed by atoms with E-state index in [4.69, 9.17) is 17.2 Å². The van der Waals surface area contributed by atoms with Gasteiger partial charge in [-0.15, -0.1) is 0 Å². The van der Waals surface area contributed by atoms with Crippen molar-refractivity contribution >= 4 is 17.9 Å². The summed E-state index contributed by atoms with van der Waals surface area (Å²) in [5, 5.41) is 2.52. The Morgan fingerprint density at radius 1 is 1.10 bits per heavy atom. The van der Waals surface area contributed by atoms with E-state index >= 15 is 0 Å². The van der Waals surface area contributed by atoms with Crippen LogP contribution in [0.5, 0.6) is 0 Å². The van der Waals surface area contributed by atoms with Crippen LogP contribution in [-0.4, -0.2) is 62.1 Å². The molecule has 9 heteroatoms. The lowest BCUT2D eigenvalue weighted by Crippen LogP contribution is -2.44. The quantitative estimate of drug-likeness (QED) is 0.327. The van der Waals surface area contributed by atoms with E-state index in [2.05, 4.69) is 10.1 Å². The summed E-state index contributed by atoms with van der Waals surface area (Å²) in [7, 11) is 0. The Balaban J connectivity index is 4.05. The topological polar surface area (TPSA) is 154 Å². The van der Waals surface area contributed by atoms with Crippen molar-refractivity contribution in [2.75, 3.05) is 39.3 Å². The molecule has 0 aliphatic carbocycles. The number of primary amides is 1. The zero-order chi connectivity index (χ0) is 16.1. The molecule has 21 heavy (non-hydrogen) atoms. The van der Waals surface area contributed by atoms with Crippen LogP contribution in [0.4, 0.5) is 4.79 Å². The third kappa shape index (κ3) is 10.6. The molecule has 0 aromatic carbocycles. The molecule has 0 saturated carbocycles. The highest BCUT2D eigenvalue weighted by Gasteiger charge is 2.15. The summed E-state index contributed by atoms with van der Waals surface area (Å²) < 4.78 is 4.47. The van der Waals surface area contributed by atoms with Crippen molar-refractivity contribution in [3.05, 3.63) is 0 Å². The first-order valence-electron chi connectivity index (χ1n) is 6.88. The SMILES string of the molecule is NCCCCCN(CC(=O)NCCOC(N)=O)C(=O)CN. The van der Waals surface area contributed by atoms with Crippen LogP contribution in [0.15, 0.2) is 0 Å². The van der Waals surface area contributed by atoms with Crippen molar-refractivity contribution in [2.24, 2.45) is 17.2 Å². The fourth-order valence-electron chi connectivity index (χ4n) is 1.62. The number of hydrogen-bond acceptors (Lipinski definition) is 6. The number of hydrogen-bond donors (Lipinski definition) is 4. The third-order valence-corrected chi connectivity index (χ3v) is 2.66. The van der Waals surface area contributed by atoms with Crippen molar-refractivity contribution in [2.45, 2.75) is 19.3 Å². The highest BCUT2D eigenvalue weighted by Crippen LogP contribution is 1.98. The molecule has 3 amide bonds. The largest absolute Gasteiger partial charge is 0.448 e. The van der Waals surface area contributed by atoms with Crippen LogP contribution in [0, 0.1) is 0 Å². The summed E-state index contributed by atoms with van der Waals surface area (Å²) in [6.45, 7) is 0.971. The molecule has 0 spiro atoms. The number of ether oxygens (including phenoxy) is 1. The molecule has 0 rings (SSSR count). The number of unbranched alkanes of at least 4 members (excludes halogenated alkanes) is 2. The van der Waals surface area contributed by atoms with Crippen molar-refractivity contribution in [1.82, 2.24) is 10.2 Å². The standard InChI is InChI=1S/C12H25N5O4/c13-4-2-1-3-6-17(11(19)8-14)9-10(18)16-5-7-21-12(15)20/h1-9,13-14H2,(H2,15,20)(H,16,18). The zero-order valence-corrected chi connectivity index (χ0v) is 12.2. The second-order valence-corrected chi connectivity index (χ2v) is 4.39. The zero-order valence-electron chi connectivity index (χ0n) is 12.2. The van der Waals surface area contributed by atoms with E-state index in [0.717, 1.165) is 19.3 Å². The normalized spacial score (nSPS) is 10.0. The van der Waals surface area contributed by atoms with Gasteiger partial charge in [0.25, 0.3) is 0 Å². The summed E-state index contributed by atoms with van der Waals surface area (Å²) in [5.74, 6) is -0.630. The van der Waals surface area contributed by atoms with Gasteiger partial charge >= 0.3 is 6.09 Å². The predicted molar refractivity (Wildman–Crippen MR) is 77.1 cm³/mol. The Kier molecular flexibility index (Phi) is 10.9. The number of carbonyl (C=O) groups excluding carboxylic acids is 3. The highest BCUT2D eigenvalue weighted by molar-refractivity contribution is 5.85. The van der Waals surface area contributed by atoms with Gasteiger partial charge in [0.05, 0.1) is 19.6 Å². The van der Waals surface area contributed by atoms with Crippen LogP contribution in [0.25, 0.3) is 0 Å². The summed E-state index contributed by atoms with van der Waals surface area (Å²) in [5.41, 5.74) is 15.5. The summed E-state index contributed by atoms with van der Waals surface area (Å²) >= 11 is 0. The highest BCUT2D eigenvalue weighted by atomic mass is 16.5. The van der Waals surface area contributed by atoms with Crippen molar-refractivity contribution in [3.63, 3.8) is 0 Å². The fraction of sp³-hybridized carbons (Fsp3) is 0.750. The van der Waals surface area contributed by atoms with Crippen LogP contribution in [0.1, 0.15) is 19.3 Å². The molecular weight excluding hydrogens is 278 g/mol. The molecule has 0 radical (unpaired) electrons. The second-order valence-electron chi connectivity index (χ2n) is 4.39. The summed E-state index contributed by atoms with van der Waals surface area (Å²) in [4.78, 5) is 35.0. The van der Waals surface area contributed by atoms with Gasteiger partial charge in [-0.05, 0) is 19.4 Å². The van der Waals surface area contributed by atoms with Crippen LogP contribution in [0.2, 0.25) is 0 Å². The number of rotatable bonds is 11. The Labute approximate surface area is 124 Å². The molecular formula is C12H25N5O4. The van der Waals surface area contributed by atoms with Gasteiger partial charge < -0.3 is 32.2 Å². The van der Waals surface area contributed by atoms with Crippen LogP contribution in [-0.2, 0) is 14.3 Å². The average molecular weight is 303 g/mol. The second kappa shape index (κ2) is 11.9. The number of nitrogens with zero attached hydrogens (tertiary/aromatic N) is 1. The van der Waals surface area contributed by atoms with Crippen LogP contribution < -0.4 is 22.5 Å². The third-order valence-electron chi connectivity index (χ3n) is 2.66. The molecule has 0 atom stereocenters.